The fourth-order valence-corrected chi connectivity index (χ4v) is 7.34. The predicted molar refractivity (Wildman–Crippen MR) is 109 cm³/mol. The summed E-state index contributed by atoms with van der Waals surface area (Å²) in [5.41, 5.74) is 1.38. The molecule has 0 heterocycles. The number of rotatable bonds is 5. The highest BCUT2D eigenvalue weighted by Gasteiger charge is 2.44. The van der Waals surface area contributed by atoms with Crippen molar-refractivity contribution in [2.75, 3.05) is 6.16 Å². The van der Waals surface area contributed by atoms with Crippen LogP contribution in [0.4, 0.5) is 0 Å². The average Bonchev–Trinajstić information content (AvgIpc) is 2.65. The van der Waals surface area contributed by atoms with Crippen LogP contribution in [-0.4, -0.2) is 6.16 Å². The standard InChI is InChI=1S/C23H24P.HI/c1-20(2)18-19-24(21-12-6-3-7-13-21,22-14-8-4-9-15-22)23-16-10-5-11-17-23;/h3-18H,19H2,1-2H3;1H/q+1;/p-1. The number of hydrogen-bond acceptors (Lipinski definition) is 0. The lowest BCUT2D eigenvalue weighted by Gasteiger charge is -2.26. The van der Waals surface area contributed by atoms with Crippen molar-refractivity contribution in [1.82, 2.24) is 0 Å². The van der Waals surface area contributed by atoms with Gasteiger partial charge in [-0.25, -0.2) is 0 Å². The minimum atomic E-state index is -1.68. The third-order valence-electron chi connectivity index (χ3n) is 4.36. The number of allylic oxidation sites excluding steroid dienone is 2. The Morgan fingerprint density at radius 2 is 0.960 bits per heavy atom. The fourth-order valence-electron chi connectivity index (χ4n) is 3.13. The zero-order chi connectivity index (χ0) is 16.8. The van der Waals surface area contributed by atoms with Gasteiger partial charge in [0, 0.05) is 0 Å². The van der Waals surface area contributed by atoms with Gasteiger partial charge in [-0.3, -0.25) is 0 Å². The summed E-state index contributed by atoms with van der Waals surface area (Å²) in [7, 11) is -1.68. The molecule has 2 heteroatoms. The van der Waals surface area contributed by atoms with Crippen LogP contribution in [0.15, 0.2) is 103 Å². The van der Waals surface area contributed by atoms with Gasteiger partial charge in [0.25, 0.3) is 0 Å². The van der Waals surface area contributed by atoms with Crippen LogP contribution in [0.25, 0.3) is 0 Å². The maximum absolute atomic E-state index is 2.40. The minimum Gasteiger partial charge on any atom is -1.00 e. The van der Waals surface area contributed by atoms with E-state index in [0.29, 0.717) is 0 Å². The van der Waals surface area contributed by atoms with Gasteiger partial charge in [0.05, 0.1) is 6.16 Å². The Morgan fingerprint density at radius 1 is 0.640 bits per heavy atom. The van der Waals surface area contributed by atoms with Crippen LogP contribution in [0.3, 0.4) is 0 Å². The van der Waals surface area contributed by atoms with E-state index < -0.39 is 7.26 Å². The molecule has 0 atom stereocenters. The van der Waals surface area contributed by atoms with E-state index in [1.165, 1.54) is 21.5 Å². The van der Waals surface area contributed by atoms with E-state index in [9.17, 15) is 0 Å². The molecule has 0 unspecified atom stereocenters. The van der Waals surface area contributed by atoms with E-state index in [0.717, 1.165) is 6.16 Å². The van der Waals surface area contributed by atoms with Crippen molar-refractivity contribution in [3.05, 3.63) is 103 Å². The molecule has 0 N–H and O–H groups in total. The summed E-state index contributed by atoms with van der Waals surface area (Å²) in [6.07, 6.45) is 3.47. The zero-order valence-electron chi connectivity index (χ0n) is 14.8. The van der Waals surface area contributed by atoms with E-state index in [2.05, 4.69) is 111 Å². The van der Waals surface area contributed by atoms with Gasteiger partial charge >= 0.3 is 0 Å². The molecule has 0 fully saturated rings. The molecule has 0 aliphatic heterocycles. The molecule has 3 rings (SSSR count). The van der Waals surface area contributed by atoms with Crippen LogP contribution in [0.1, 0.15) is 13.8 Å². The quantitative estimate of drug-likeness (QED) is 0.312. The largest absolute Gasteiger partial charge is 1.00 e. The molecule has 3 aromatic carbocycles. The van der Waals surface area contributed by atoms with Crippen LogP contribution >= 0.6 is 7.26 Å². The van der Waals surface area contributed by atoms with Gasteiger partial charge in [-0.2, -0.15) is 0 Å². The van der Waals surface area contributed by atoms with Crippen molar-refractivity contribution in [1.29, 1.82) is 0 Å². The molecule has 0 spiro atoms. The van der Waals surface area contributed by atoms with Gasteiger partial charge in [0.2, 0.25) is 0 Å². The van der Waals surface area contributed by atoms with Gasteiger partial charge in [-0.15, -0.1) is 0 Å². The molecule has 0 saturated heterocycles. The van der Waals surface area contributed by atoms with Crippen LogP contribution in [-0.2, 0) is 0 Å². The lowest BCUT2D eigenvalue weighted by atomic mass is 10.3. The minimum absolute atomic E-state index is 0. The first-order valence-corrected chi connectivity index (χ1v) is 10.4. The monoisotopic (exact) mass is 458 g/mol. The Labute approximate surface area is 169 Å². The van der Waals surface area contributed by atoms with Crippen LogP contribution < -0.4 is 39.9 Å². The van der Waals surface area contributed by atoms with Crippen molar-refractivity contribution in [3.8, 4) is 0 Å². The maximum atomic E-state index is 2.40. The molecule has 3 aromatic rings. The van der Waals surface area contributed by atoms with E-state index >= 15 is 0 Å². The second kappa shape index (κ2) is 9.31. The van der Waals surface area contributed by atoms with Gasteiger partial charge in [0.15, 0.2) is 0 Å². The summed E-state index contributed by atoms with van der Waals surface area (Å²) < 4.78 is 0. The Balaban J connectivity index is 0.00000225. The second-order valence-electron chi connectivity index (χ2n) is 6.28. The highest BCUT2D eigenvalue weighted by Crippen LogP contribution is 2.55. The van der Waals surface area contributed by atoms with Crippen LogP contribution in [0, 0.1) is 0 Å². The van der Waals surface area contributed by atoms with Crippen LogP contribution in [0.2, 0.25) is 0 Å². The number of benzene rings is 3. The summed E-state index contributed by atoms with van der Waals surface area (Å²) in [6.45, 7) is 4.38. The molecule has 0 aromatic heterocycles. The molecule has 0 radical (unpaired) electrons. The highest BCUT2D eigenvalue weighted by molar-refractivity contribution is 7.95. The highest BCUT2D eigenvalue weighted by atomic mass is 127. The first kappa shape index (κ1) is 19.9. The molecule has 0 nitrogen and oxygen atoms in total. The fraction of sp³-hybridized carbons (Fsp3) is 0.130. The molecule has 0 aliphatic carbocycles. The molecular formula is C23H24IP. The predicted octanol–water partition coefficient (Wildman–Crippen LogP) is 1.95. The lowest BCUT2D eigenvalue weighted by Crippen LogP contribution is -3.00. The Bertz CT molecular complexity index is 695. The molecule has 0 bridgehead atoms. The van der Waals surface area contributed by atoms with Gasteiger partial charge in [-0.05, 0) is 56.3 Å². The third kappa shape index (κ3) is 4.40. The third-order valence-corrected chi connectivity index (χ3v) is 8.63. The molecule has 0 saturated carbocycles. The topological polar surface area (TPSA) is 0 Å². The number of halogens is 1. The summed E-state index contributed by atoms with van der Waals surface area (Å²) in [5, 5.41) is 4.33. The van der Waals surface area contributed by atoms with Crippen molar-refractivity contribution >= 4 is 23.2 Å². The van der Waals surface area contributed by atoms with Gasteiger partial charge in [-0.1, -0.05) is 60.2 Å². The molecular weight excluding hydrogens is 434 g/mol. The van der Waals surface area contributed by atoms with Crippen molar-refractivity contribution in [3.63, 3.8) is 0 Å². The second-order valence-corrected chi connectivity index (χ2v) is 9.81. The van der Waals surface area contributed by atoms with E-state index in [4.69, 9.17) is 0 Å². The maximum Gasteiger partial charge on any atom is 0.115 e. The summed E-state index contributed by atoms with van der Waals surface area (Å²) in [6, 6.07) is 33.1. The van der Waals surface area contributed by atoms with Crippen molar-refractivity contribution < 1.29 is 24.0 Å². The smallest absolute Gasteiger partial charge is 0.115 e. The Hall–Kier alpha value is -1.44. The Kier molecular flexibility index (Phi) is 7.40. The van der Waals surface area contributed by atoms with Crippen molar-refractivity contribution in [2.45, 2.75) is 13.8 Å². The average molecular weight is 458 g/mol. The molecule has 128 valence electrons. The summed E-state index contributed by atoms with van der Waals surface area (Å²) in [5.74, 6) is 0. The zero-order valence-corrected chi connectivity index (χ0v) is 17.8. The SMILES string of the molecule is CC(C)=CC[P+](c1ccccc1)(c1ccccc1)c1ccccc1.[I-]. The first-order valence-electron chi connectivity index (χ1n) is 8.42. The number of hydrogen-bond donors (Lipinski definition) is 0. The summed E-state index contributed by atoms with van der Waals surface area (Å²) >= 11 is 0. The molecule has 0 aliphatic rings. The van der Waals surface area contributed by atoms with Gasteiger partial charge < -0.3 is 24.0 Å². The van der Waals surface area contributed by atoms with E-state index in [1.54, 1.807) is 0 Å². The van der Waals surface area contributed by atoms with E-state index in [-0.39, 0.29) is 24.0 Å². The van der Waals surface area contributed by atoms with Crippen LogP contribution in [0.5, 0.6) is 0 Å². The lowest BCUT2D eigenvalue weighted by molar-refractivity contribution is -0.00000483. The molecule has 25 heavy (non-hydrogen) atoms. The van der Waals surface area contributed by atoms with Crippen molar-refractivity contribution in [2.24, 2.45) is 0 Å². The summed E-state index contributed by atoms with van der Waals surface area (Å²) in [4.78, 5) is 0. The van der Waals surface area contributed by atoms with E-state index in [1.807, 2.05) is 0 Å². The van der Waals surface area contributed by atoms with Gasteiger partial charge in [0.1, 0.15) is 23.2 Å². The Morgan fingerprint density at radius 3 is 1.24 bits per heavy atom. The first-order chi connectivity index (χ1) is 11.7. The molecule has 0 amide bonds. The normalized spacial score (nSPS) is 10.6.